The molecule has 0 radical (unpaired) electrons. The van der Waals surface area contributed by atoms with Gasteiger partial charge in [-0.3, -0.25) is 0 Å². The molecule has 1 aliphatic heterocycles. The molecular formula is C10H17NO. The molecule has 1 heterocycles. The van der Waals surface area contributed by atoms with Crippen LogP contribution in [0.4, 0.5) is 0 Å². The monoisotopic (exact) mass is 167 g/mol. The van der Waals surface area contributed by atoms with Crippen molar-refractivity contribution in [2.75, 3.05) is 20.2 Å². The minimum absolute atomic E-state index is 0.0706. The van der Waals surface area contributed by atoms with Gasteiger partial charge in [0, 0.05) is 25.6 Å². The second kappa shape index (κ2) is 3.08. The minimum Gasteiger partial charge on any atom is -0.363 e. The third kappa shape index (κ3) is 2.23. The van der Waals surface area contributed by atoms with Crippen LogP contribution in [-0.4, -0.2) is 25.8 Å². The third-order valence-corrected chi connectivity index (χ3v) is 1.88. The Morgan fingerprint density at radius 1 is 1.33 bits per heavy atom. The molecule has 12 heavy (non-hydrogen) atoms. The lowest BCUT2D eigenvalue weighted by atomic mass is 9.92. The van der Waals surface area contributed by atoms with Gasteiger partial charge in [-0.1, -0.05) is 11.8 Å². The molecule has 1 aliphatic rings. The van der Waals surface area contributed by atoms with Crippen LogP contribution in [0.25, 0.3) is 0 Å². The van der Waals surface area contributed by atoms with E-state index in [0.29, 0.717) is 0 Å². The molecule has 1 N–H and O–H groups in total. The molecule has 1 rings (SSSR count). The lowest BCUT2D eigenvalue weighted by molar-refractivity contribution is -0.00148. The lowest BCUT2D eigenvalue weighted by Gasteiger charge is -2.36. The average Bonchev–Trinajstić information content (AvgIpc) is 1.84. The maximum Gasteiger partial charge on any atom is 0.152 e. The first kappa shape index (κ1) is 9.57. The van der Waals surface area contributed by atoms with Gasteiger partial charge in [0.1, 0.15) is 0 Å². The highest BCUT2D eigenvalue weighted by Gasteiger charge is 2.35. The highest BCUT2D eigenvalue weighted by atomic mass is 16.5. The fourth-order valence-electron chi connectivity index (χ4n) is 0.937. The van der Waals surface area contributed by atoms with Crippen LogP contribution in [-0.2, 0) is 4.74 Å². The fourth-order valence-corrected chi connectivity index (χ4v) is 0.937. The van der Waals surface area contributed by atoms with E-state index in [-0.39, 0.29) is 11.0 Å². The van der Waals surface area contributed by atoms with Crippen molar-refractivity contribution < 1.29 is 4.74 Å². The molecule has 2 nitrogen and oxygen atoms in total. The standard InChI is InChI=1S/C10H17NO/c1-9(2,3)5-6-10(12-4)7-11-8-10/h11H,7-8H2,1-4H3. The van der Waals surface area contributed by atoms with Crippen LogP contribution < -0.4 is 5.32 Å². The molecule has 0 amide bonds. The summed E-state index contributed by atoms with van der Waals surface area (Å²) in [6.07, 6.45) is 0. The first-order chi connectivity index (χ1) is 5.47. The number of methoxy groups -OCH3 is 1. The van der Waals surface area contributed by atoms with Gasteiger partial charge in [-0.15, -0.1) is 0 Å². The zero-order valence-corrected chi connectivity index (χ0v) is 8.32. The summed E-state index contributed by atoms with van der Waals surface area (Å²) in [6, 6.07) is 0. The predicted octanol–water partition coefficient (Wildman–Crippen LogP) is 1.02. The molecule has 68 valence electrons. The topological polar surface area (TPSA) is 21.3 Å². The number of rotatable bonds is 1. The molecule has 1 fully saturated rings. The van der Waals surface area contributed by atoms with Crippen LogP contribution >= 0.6 is 0 Å². The van der Waals surface area contributed by atoms with Gasteiger partial charge in [0.15, 0.2) is 5.60 Å². The zero-order valence-electron chi connectivity index (χ0n) is 8.32. The van der Waals surface area contributed by atoms with Gasteiger partial charge in [-0.25, -0.2) is 0 Å². The van der Waals surface area contributed by atoms with Crippen LogP contribution in [0.3, 0.4) is 0 Å². The Balaban J connectivity index is 2.62. The molecule has 0 aliphatic carbocycles. The van der Waals surface area contributed by atoms with E-state index in [1.54, 1.807) is 7.11 Å². The van der Waals surface area contributed by atoms with E-state index in [2.05, 4.69) is 37.9 Å². The van der Waals surface area contributed by atoms with Gasteiger partial charge in [-0.2, -0.15) is 0 Å². The summed E-state index contributed by atoms with van der Waals surface area (Å²) in [7, 11) is 1.72. The van der Waals surface area contributed by atoms with Gasteiger partial charge in [0.05, 0.1) is 0 Å². The summed E-state index contributed by atoms with van der Waals surface area (Å²) >= 11 is 0. The SMILES string of the molecule is COC1(C#CC(C)(C)C)CNC1. The Bertz CT molecular complexity index is 207. The molecule has 0 atom stereocenters. The van der Waals surface area contributed by atoms with E-state index in [0.717, 1.165) is 13.1 Å². The minimum atomic E-state index is -0.201. The first-order valence-corrected chi connectivity index (χ1v) is 4.28. The maximum absolute atomic E-state index is 5.33. The Morgan fingerprint density at radius 3 is 2.17 bits per heavy atom. The van der Waals surface area contributed by atoms with Crippen molar-refractivity contribution in [2.24, 2.45) is 5.41 Å². The van der Waals surface area contributed by atoms with Crippen molar-refractivity contribution in [3.8, 4) is 11.8 Å². The summed E-state index contributed by atoms with van der Waals surface area (Å²) in [6.45, 7) is 8.03. The molecule has 0 aromatic carbocycles. The first-order valence-electron chi connectivity index (χ1n) is 4.28. The van der Waals surface area contributed by atoms with Gasteiger partial charge in [0.25, 0.3) is 0 Å². The highest BCUT2D eigenvalue weighted by Crippen LogP contribution is 2.17. The Hall–Kier alpha value is -0.520. The smallest absolute Gasteiger partial charge is 0.152 e. The van der Waals surface area contributed by atoms with E-state index in [9.17, 15) is 0 Å². The summed E-state index contributed by atoms with van der Waals surface area (Å²) in [4.78, 5) is 0. The largest absolute Gasteiger partial charge is 0.363 e. The van der Waals surface area contributed by atoms with Crippen molar-refractivity contribution in [2.45, 2.75) is 26.4 Å². The number of ether oxygens (including phenoxy) is 1. The average molecular weight is 167 g/mol. The normalized spacial score (nSPS) is 20.7. The Labute approximate surface area is 74.7 Å². The van der Waals surface area contributed by atoms with Crippen LogP contribution in [0, 0.1) is 17.3 Å². The van der Waals surface area contributed by atoms with Crippen LogP contribution in [0.2, 0.25) is 0 Å². The summed E-state index contributed by atoms with van der Waals surface area (Å²) in [5, 5.41) is 3.16. The van der Waals surface area contributed by atoms with Crippen molar-refractivity contribution >= 4 is 0 Å². The summed E-state index contributed by atoms with van der Waals surface area (Å²) < 4.78 is 5.33. The quantitative estimate of drug-likeness (QED) is 0.589. The van der Waals surface area contributed by atoms with E-state index in [1.807, 2.05) is 0 Å². The van der Waals surface area contributed by atoms with Gasteiger partial charge >= 0.3 is 0 Å². The van der Waals surface area contributed by atoms with Crippen LogP contribution in [0.1, 0.15) is 20.8 Å². The third-order valence-electron chi connectivity index (χ3n) is 1.88. The highest BCUT2D eigenvalue weighted by molar-refractivity contribution is 5.23. The molecule has 2 heteroatoms. The van der Waals surface area contributed by atoms with Crippen molar-refractivity contribution in [3.05, 3.63) is 0 Å². The van der Waals surface area contributed by atoms with Gasteiger partial charge < -0.3 is 10.1 Å². The molecular weight excluding hydrogens is 150 g/mol. The molecule has 0 aromatic heterocycles. The van der Waals surface area contributed by atoms with Crippen molar-refractivity contribution in [1.82, 2.24) is 5.32 Å². The summed E-state index contributed by atoms with van der Waals surface area (Å²) in [5.41, 5.74) is -0.131. The van der Waals surface area contributed by atoms with E-state index >= 15 is 0 Å². The fraction of sp³-hybridized carbons (Fsp3) is 0.800. The van der Waals surface area contributed by atoms with Crippen molar-refractivity contribution in [1.29, 1.82) is 0 Å². The lowest BCUT2D eigenvalue weighted by Crippen LogP contribution is -2.59. The summed E-state index contributed by atoms with van der Waals surface area (Å²) in [5.74, 6) is 6.39. The van der Waals surface area contributed by atoms with Gasteiger partial charge in [-0.05, 0) is 20.8 Å². The van der Waals surface area contributed by atoms with Gasteiger partial charge in [0.2, 0.25) is 0 Å². The van der Waals surface area contributed by atoms with Crippen molar-refractivity contribution in [3.63, 3.8) is 0 Å². The zero-order chi connectivity index (χ0) is 9.24. The molecule has 0 aromatic rings. The van der Waals surface area contributed by atoms with E-state index in [1.165, 1.54) is 0 Å². The molecule has 0 saturated carbocycles. The Morgan fingerprint density at radius 2 is 1.92 bits per heavy atom. The molecule has 0 unspecified atom stereocenters. The number of hydrogen-bond acceptors (Lipinski definition) is 2. The number of hydrogen-bond donors (Lipinski definition) is 1. The predicted molar refractivity (Wildman–Crippen MR) is 49.8 cm³/mol. The molecule has 1 saturated heterocycles. The molecule has 0 bridgehead atoms. The van der Waals surface area contributed by atoms with E-state index in [4.69, 9.17) is 4.74 Å². The second-order valence-corrected chi connectivity index (χ2v) is 4.30. The molecule has 0 spiro atoms. The Kier molecular flexibility index (Phi) is 2.46. The van der Waals surface area contributed by atoms with Crippen LogP contribution in [0.5, 0.6) is 0 Å². The van der Waals surface area contributed by atoms with E-state index < -0.39 is 0 Å². The maximum atomic E-state index is 5.33. The van der Waals surface area contributed by atoms with Crippen LogP contribution in [0.15, 0.2) is 0 Å². The number of nitrogens with one attached hydrogen (secondary N) is 1. The second-order valence-electron chi connectivity index (χ2n) is 4.30.